The first kappa shape index (κ1) is 28.7. The van der Waals surface area contributed by atoms with Gasteiger partial charge in [0.2, 0.25) is 0 Å². The van der Waals surface area contributed by atoms with E-state index in [1.165, 1.54) is 7.11 Å². The molecule has 2 fully saturated rings. The van der Waals surface area contributed by atoms with Crippen LogP contribution in [0.2, 0.25) is 0 Å². The van der Waals surface area contributed by atoms with Gasteiger partial charge in [0.05, 0.1) is 18.7 Å². The maximum Gasteiger partial charge on any atom is 0.323 e. The maximum absolute atomic E-state index is 13.2. The zero-order valence-corrected chi connectivity index (χ0v) is 22.9. The van der Waals surface area contributed by atoms with E-state index in [0.717, 1.165) is 18.4 Å². The summed E-state index contributed by atoms with van der Waals surface area (Å²) in [7, 11) is 1.49. The second-order valence-corrected chi connectivity index (χ2v) is 10.4. The third-order valence-electron chi connectivity index (χ3n) is 7.59. The second kappa shape index (κ2) is 13.2. The number of rotatable bonds is 7. The van der Waals surface area contributed by atoms with Crippen molar-refractivity contribution in [2.45, 2.75) is 32.6 Å². The predicted molar refractivity (Wildman–Crippen MR) is 151 cm³/mol. The molecule has 4 N–H and O–H groups in total. The lowest BCUT2D eigenvalue weighted by molar-refractivity contribution is -0.143. The van der Waals surface area contributed by atoms with Crippen molar-refractivity contribution in [2.24, 2.45) is 11.8 Å². The van der Waals surface area contributed by atoms with Crippen LogP contribution in [0.15, 0.2) is 42.5 Å². The molecule has 0 saturated carbocycles. The second-order valence-electron chi connectivity index (χ2n) is 10.4. The number of aliphatic carboxylic acids is 1. The number of nitrogens with zero attached hydrogens (tertiary/aromatic N) is 2. The Balaban J connectivity index is 1.26. The summed E-state index contributed by atoms with van der Waals surface area (Å²) >= 11 is 0. The standard InChI is InChI=1S/C29H37N5O6/c1-19-6-3-4-8-23(19)31-28(38)32-24-10-9-21(16-25(24)40-2)26(35)33-14-11-20(12-15-33)17-30-29(39)34-13-5-7-22(18-34)27(36)37/h3-4,6,8-10,16,20,22H,5,7,11-15,17-18H2,1-2H3,(H,30,39)(H,36,37)(H2,31,32,38). The fourth-order valence-corrected chi connectivity index (χ4v) is 5.15. The number of likely N-dealkylation sites (tertiary alicyclic amines) is 2. The molecule has 1 atom stereocenters. The lowest BCUT2D eigenvalue weighted by Crippen LogP contribution is -2.49. The number of nitrogens with one attached hydrogen (secondary N) is 3. The molecule has 0 aliphatic carbocycles. The number of para-hydroxylation sites is 1. The average molecular weight is 552 g/mol. The molecule has 2 aliphatic rings. The molecule has 0 spiro atoms. The zero-order chi connectivity index (χ0) is 28.6. The molecule has 0 aromatic heterocycles. The van der Waals surface area contributed by atoms with Gasteiger partial charge in [-0.1, -0.05) is 18.2 Å². The van der Waals surface area contributed by atoms with Crippen molar-refractivity contribution in [3.63, 3.8) is 0 Å². The van der Waals surface area contributed by atoms with Crippen LogP contribution in [-0.4, -0.2) is 78.7 Å². The Hall–Kier alpha value is -4.28. The highest BCUT2D eigenvalue weighted by Crippen LogP contribution is 2.28. The minimum Gasteiger partial charge on any atom is -0.495 e. The Bertz CT molecular complexity index is 1240. The van der Waals surface area contributed by atoms with E-state index in [-0.39, 0.29) is 24.4 Å². The van der Waals surface area contributed by atoms with E-state index in [0.29, 0.717) is 61.7 Å². The van der Waals surface area contributed by atoms with Gasteiger partial charge in [-0.25, -0.2) is 9.59 Å². The lowest BCUT2D eigenvalue weighted by atomic mass is 9.96. The number of ether oxygens (including phenoxy) is 1. The van der Waals surface area contributed by atoms with E-state index in [4.69, 9.17) is 4.74 Å². The number of carboxylic acids is 1. The molecule has 40 heavy (non-hydrogen) atoms. The summed E-state index contributed by atoms with van der Waals surface area (Å²) < 4.78 is 5.45. The monoisotopic (exact) mass is 551 g/mol. The predicted octanol–water partition coefficient (Wildman–Crippen LogP) is 4.01. The van der Waals surface area contributed by atoms with Gasteiger partial charge in [0.15, 0.2) is 0 Å². The Morgan fingerprint density at radius 3 is 2.38 bits per heavy atom. The van der Waals surface area contributed by atoms with Gasteiger partial charge in [-0.3, -0.25) is 9.59 Å². The molecule has 0 radical (unpaired) electrons. The number of urea groups is 2. The van der Waals surface area contributed by atoms with Crippen LogP contribution in [0.4, 0.5) is 21.0 Å². The summed E-state index contributed by atoms with van der Waals surface area (Å²) in [5.74, 6) is -0.869. The number of piperidine rings is 2. The molecule has 4 rings (SSSR count). The van der Waals surface area contributed by atoms with E-state index < -0.39 is 17.9 Å². The smallest absolute Gasteiger partial charge is 0.323 e. The fourth-order valence-electron chi connectivity index (χ4n) is 5.15. The number of hydrogen-bond donors (Lipinski definition) is 4. The topological polar surface area (TPSA) is 140 Å². The number of methoxy groups -OCH3 is 1. The van der Waals surface area contributed by atoms with Crippen molar-refractivity contribution in [1.82, 2.24) is 15.1 Å². The highest BCUT2D eigenvalue weighted by molar-refractivity contribution is 6.02. The molecule has 2 heterocycles. The van der Waals surface area contributed by atoms with Gasteiger partial charge in [-0.2, -0.15) is 0 Å². The number of amides is 5. The largest absolute Gasteiger partial charge is 0.495 e. The highest BCUT2D eigenvalue weighted by Gasteiger charge is 2.29. The van der Waals surface area contributed by atoms with Crippen LogP contribution in [0, 0.1) is 18.8 Å². The zero-order valence-electron chi connectivity index (χ0n) is 22.9. The normalized spacial score (nSPS) is 17.6. The number of carbonyl (C=O) groups is 4. The highest BCUT2D eigenvalue weighted by atomic mass is 16.5. The van der Waals surface area contributed by atoms with Crippen LogP contribution in [0.5, 0.6) is 5.75 Å². The summed E-state index contributed by atoms with van der Waals surface area (Å²) in [4.78, 5) is 52.9. The SMILES string of the molecule is COc1cc(C(=O)N2CCC(CNC(=O)N3CCCC(C(=O)O)C3)CC2)ccc1NC(=O)Nc1ccccc1C. The Labute approximate surface area is 233 Å². The van der Waals surface area contributed by atoms with Gasteiger partial charge >= 0.3 is 18.0 Å². The number of carbonyl (C=O) groups excluding carboxylic acids is 3. The number of benzene rings is 2. The molecule has 1 unspecified atom stereocenters. The maximum atomic E-state index is 13.2. The molecule has 0 bridgehead atoms. The van der Waals surface area contributed by atoms with Gasteiger partial charge in [-0.05, 0) is 68.4 Å². The molecular formula is C29H37N5O6. The summed E-state index contributed by atoms with van der Waals surface area (Å²) in [6.45, 7) is 4.33. The summed E-state index contributed by atoms with van der Waals surface area (Å²) in [5.41, 5.74) is 2.55. The van der Waals surface area contributed by atoms with E-state index in [1.807, 2.05) is 31.2 Å². The third kappa shape index (κ3) is 7.22. The Morgan fingerprint density at radius 1 is 0.950 bits per heavy atom. The quantitative estimate of drug-likeness (QED) is 0.410. The molecule has 5 amide bonds. The van der Waals surface area contributed by atoms with Crippen LogP contribution in [-0.2, 0) is 4.79 Å². The third-order valence-corrected chi connectivity index (χ3v) is 7.59. The van der Waals surface area contributed by atoms with Gasteiger partial charge in [0.25, 0.3) is 5.91 Å². The van der Waals surface area contributed by atoms with Gasteiger partial charge in [0.1, 0.15) is 5.75 Å². The summed E-state index contributed by atoms with van der Waals surface area (Å²) in [6, 6.07) is 11.8. The van der Waals surface area contributed by atoms with Gasteiger partial charge in [0, 0.05) is 44.0 Å². The molecule has 2 saturated heterocycles. The van der Waals surface area contributed by atoms with Crippen molar-refractivity contribution in [3.05, 3.63) is 53.6 Å². The van der Waals surface area contributed by atoms with Crippen LogP contribution >= 0.6 is 0 Å². The molecular weight excluding hydrogens is 514 g/mol. The molecule has 11 nitrogen and oxygen atoms in total. The van der Waals surface area contributed by atoms with Crippen molar-refractivity contribution in [2.75, 3.05) is 50.5 Å². The number of aryl methyl sites for hydroxylation is 1. The number of hydrogen-bond acceptors (Lipinski definition) is 5. The van der Waals surface area contributed by atoms with E-state index in [1.54, 1.807) is 28.0 Å². The summed E-state index contributed by atoms with van der Waals surface area (Å²) in [6.07, 6.45) is 2.78. The molecule has 2 aromatic carbocycles. The van der Waals surface area contributed by atoms with Crippen molar-refractivity contribution < 1.29 is 29.0 Å². The van der Waals surface area contributed by atoms with Crippen LogP contribution in [0.1, 0.15) is 41.6 Å². The first-order valence-corrected chi connectivity index (χ1v) is 13.6. The van der Waals surface area contributed by atoms with E-state index >= 15 is 0 Å². The lowest BCUT2D eigenvalue weighted by Gasteiger charge is -2.34. The molecule has 11 heteroatoms. The molecule has 2 aliphatic heterocycles. The number of anilines is 2. The average Bonchev–Trinajstić information content (AvgIpc) is 2.97. The van der Waals surface area contributed by atoms with Gasteiger partial charge < -0.3 is 35.6 Å². The first-order valence-electron chi connectivity index (χ1n) is 13.6. The van der Waals surface area contributed by atoms with Crippen molar-refractivity contribution in [1.29, 1.82) is 0 Å². The Morgan fingerprint density at radius 2 is 1.68 bits per heavy atom. The van der Waals surface area contributed by atoms with E-state index in [2.05, 4.69) is 16.0 Å². The van der Waals surface area contributed by atoms with Crippen LogP contribution in [0.25, 0.3) is 0 Å². The van der Waals surface area contributed by atoms with Crippen LogP contribution < -0.4 is 20.7 Å². The van der Waals surface area contributed by atoms with Crippen LogP contribution in [0.3, 0.4) is 0 Å². The first-order chi connectivity index (χ1) is 19.2. The molecule has 214 valence electrons. The fraction of sp³-hybridized carbons (Fsp3) is 0.448. The minimum absolute atomic E-state index is 0.121. The van der Waals surface area contributed by atoms with Crippen molar-refractivity contribution in [3.8, 4) is 5.75 Å². The number of carboxylic acid groups (broad SMARTS) is 1. The molecule has 2 aromatic rings. The van der Waals surface area contributed by atoms with Gasteiger partial charge in [-0.15, -0.1) is 0 Å². The minimum atomic E-state index is -0.860. The van der Waals surface area contributed by atoms with E-state index in [9.17, 15) is 24.3 Å². The Kier molecular flexibility index (Phi) is 9.47. The van der Waals surface area contributed by atoms with Crippen molar-refractivity contribution >= 4 is 35.3 Å². The summed E-state index contributed by atoms with van der Waals surface area (Å²) in [5, 5.41) is 17.8.